The predicted molar refractivity (Wildman–Crippen MR) is 69.5 cm³/mol. The van der Waals surface area contributed by atoms with Crippen LogP contribution < -0.4 is 0 Å². The summed E-state index contributed by atoms with van der Waals surface area (Å²) in [5, 5.41) is 0. The fourth-order valence-corrected chi connectivity index (χ4v) is 1.37. The molecular formula is C13H31NO. The molecule has 2 heteroatoms. The van der Waals surface area contributed by atoms with Crippen molar-refractivity contribution in [3.05, 3.63) is 0 Å². The molecule has 0 amide bonds. The van der Waals surface area contributed by atoms with E-state index >= 15 is 0 Å². The van der Waals surface area contributed by atoms with Gasteiger partial charge in [-0.25, -0.2) is 0 Å². The summed E-state index contributed by atoms with van der Waals surface area (Å²) in [7, 11) is 3.98. The van der Waals surface area contributed by atoms with E-state index in [2.05, 4.69) is 18.9 Å². The Morgan fingerprint density at radius 2 is 1.47 bits per heavy atom. The second-order valence-corrected chi connectivity index (χ2v) is 3.71. The summed E-state index contributed by atoms with van der Waals surface area (Å²) in [6.07, 6.45) is 6.47. The highest BCUT2D eigenvalue weighted by molar-refractivity contribution is 4.52. The third kappa shape index (κ3) is 16.6. The van der Waals surface area contributed by atoms with E-state index in [-0.39, 0.29) is 0 Å². The molecule has 0 radical (unpaired) electrons. The molecule has 0 rings (SSSR count). The predicted octanol–water partition coefficient (Wildman–Crippen LogP) is 3.56. The van der Waals surface area contributed by atoms with Crippen LogP contribution in [-0.4, -0.2) is 38.8 Å². The third-order valence-corrected chi connectivity index (χ3v) is 2.28. The van der Waals surface area contributed by atoms with Gasteiger partial charge in [0.15, 0.2) is 0 Å². The first-order valence-corrected chi connectivity index (χ1v) is 6.48. The largest absolute Gasteiger partial charge is 0.385 e. The Hall–Kier alpha value is -0.0800. The molecule has 0 saturated heterocycles. The van der Waals surface area contributed by atoms with Gasteiger partial charge in [0.1, 0.15) is 0 Å². The molecule has 0 aromatic heterocycles. The highest BCUT2D eigenvalue weighted by atomic mass is 16.5. The topological polar surface area (TPSA) is 12.5 Å². The molecule has 0 atom stereocenters. The van der Waals surface area contributed by atoms with Crippen molar-refractivity contribution < 1.29 is 4.74 Å². The van der Waals surface area contributed by atoms with Crippen molar-refractivity contribution in [2.24, 2.45) is 0 Å². The van der Waals surface area contributed by atoms with Crippen molar-refractivity contribution in [2.45, 2.75) is 52.9 Å². The monoisotopic (exact) mass is 217 g/mol. The number of hydrogen-bond donors (Lipinski definition) is 0. The molecule has 15 heavy (non-hydrogen) atoms. The standard InChI is InChI=1S/C11H25NO.C2H6/c1-4-5-6-9-12(2)10-7-8-11-13-3;1-2/h4-11H2,1-3H3;1-2H3. The normalized spacial score (nSPS) is 10.0. The number of hydrogen-bond acceptors (Lipinski definition) is 2. The van der Waals surface area contributed by atoms with Gasteiger partial charge in [-0.05, 0) is 39.4 Å². The van der Waals surface area contributed by atoms with Crippen LogP contribution in [0.25, 0.3) is 0 Å². The first-order chi connectivity index (χ1) is 7.31. The molecule has 0 fully saturated rings. The minimum atomic E-state index is 0.906. The van der Waals surface area contributed by atoms with Crippen molar-refractivity contribution in [3.63, 3.8) is 0 Å². The van der Waals surface area contributed by atoms with Gasteiger partial charge in [0.2, 0.25) is 0 Å². The number of rotatable bonds is 9. The van der Waals surface area contributed by atoms with Gasteiger partial charge in [-0.3, -0.25) is 0 Å². The van der Waals surface area contributed by atoms with Gasteiger partial charge in [0.25, 0.3) is 0 Å². The lowest BCUT2D eigenvalue weighted by Crippen LogP contribution is -2.21. The quantitative estimate of drug-likeness (QED) is 0.548. The molecule has 0 N–H and O–H groups in total. The molecule has 0 saturated carbocycles. The maximum absolute atomic E-state index is 5.00. The molecule has 0 aliphatic heterocycles. The fourth-order valence-electron chi connectivity index (χ4n) is 1.37. The molecular weight excluding hydrogens is 186 g/mol. The molecule has 94 valence electrons. The van der Waals surface area contributed by atoms with Crippen LogP contribution in [0.15, 0.2) is 0 Å². The van der Waals surface area contributed by atoms with Gasteiger partial charge in [0.05, 0.1) is 0 Å². The van der Waals surface area contributed by atoms with Crippen molar-refractivity contribution in [1.29, 1.82) is 0 Å². The van der Waals surface area contributed by atoms with Crippen LogP contribution in [0.4, 0.5) is 0 Å². The minimum Gasteiger partial charge on any atom is -0.385 e. The van der Waals surface area contributed by atoms with E-state index in [0.29, 0.717) is 0 Å². The average Bonchev–Trinajstić information content (AvgIpc) is 2.28. The fraction of sp³-hybridized carbons (Fsp3) is 1.00. The van der Waals surface area contributed by atoms with E-state index in [0.717, 1.165) is 6.61 Å². The Labute approximate surface area is 97.0 Å². The van der Waals surface area contributed by atoms with E-state index in [1.807, 2.05) is 13.8 Å². The van der Waals surface area contributed by atoms with Crippen molar-refractivity contribution in [3.8, 4) is 0 Å². The average molecular weight is 217 g/mol. The summed E-state index contributed by atoms with van der Waals surface area (Å²) in [5.74, 6) is 0. The van der Waals surface area contributed by atoms with Crippen LogP contribution in [0.1, 0.15) is 52.9 Å². The van der Waals surface area contributed by atoms with Crippen molar-refractivity contribution >= 4 is 0 Å². The van der Waals surface area contributed by atoms with Gasteiger partial charge in [-0.15, -0.1) is 0 Å². The lowest BCUT2D eigenvalue weighted by molar-refractivity contribution is 0.187. The number of ether oxygens (including phenoxy) is 1. The summed E-state index contributed by atoms with van der Waals surface area (Å²) in [5.41, 5.74) is 0. The van der Waals surface area contributed by atoms with Crippen LogP contribution in [-0.2, 0) is 4.74 Å². The molecule has 0 aromatic rings. The highest BCUT2D eigenvalue weighted by Crippen LogP contribution is 1.98. The van der Waals surface area contributed by atoms with E-state index in [1.165, 1.54) is 45.2 Å². The van der Waals surface area contributed by atoms with Crippen LogP contribution in [0, 0.1) is 0 Å². The second kappa shape index (κ2) is 16.4. The zero-order valence-electron chi connectivity index (χ0n) is 11.5. The number of unbranched alkanes of at least 4 members (excludes halogenated alkanes) is 3. The van der Waals surface area contributed by atoms with Crippen molar-refractivity contribution in [1.82, 2.24) is 4.90 Å². The Balaban J connectivity index is 0. The lowest BCUT2D eigenvalue weighted by atomic mass is 10.2. The summed E-state index contributed by atoms with van der Waals surface area (Å²) in [4.78, 5) is 2.42. The van der Waals surface area contributed by atoms with Crippen LogP contribution >= 0.6 is 0 Å². The molecule has 0 bridgehead atoms. The zero-order valence-corrected chi connectivity index (χ0v) is 11.5. The molecule has 0 unspecified atom stereocenters. The van der Waals surface area contributed by atoms with Gasteiger partial charge < -0.3 is 9.64 Å². The molecule has 0 aliphatic rings. The number of nitrogens with zero attached hydrogens (tertiary/aromatic N) is 1. The minimum absolute atomic E-state index is 0.906. The van der Waals surface area contributed by atoms with Crippen molar-refractivity contribution in [2.75, 3.05) is 33.9 Å². The summed E-state index contributed by atoms with van der Waals surface area (Å²) < 4.78 is 5.00. The molecule has 0 spiro atoms. The second-order valence-electron chi connectivity index (χ2n) is 3.71. The van der Waals surface area contributed by atoms with Gasteiger partial charge in [-0.2, -0.15) is 0 Å². The summed E-state index contributed by atoms with van der Waals surface area (Å²) >= 11 is 0. The van der Waals surface area contributed by atoms with E-state index < -0.39 is 0 Å². The molecule has 0 heterocycles. The third-order valence-electron chi connectivity index (χ3n) is 2.28. The Kier molecular flexibility index (Phi) is 18.9. The van der Waals surface area contributed by atoms with E-state index in [4.69, 9.17) is 4.74 Å². The smallest absolute Gasteiger partial charge is 0.0462 e. The van der Waals surface area contributed by atoms with Crippen LogP contribution in [0.3, 0.4) is 0 Å². The highest BCUT2D eigenvalue weighted by Gasteiger charge is 1.96. The summed E-state index contributed by atoms with van der Waals surface area (Å²) in [6.45, 7) is 9.62. The molecule has 0 aromatic carbocycles. The lowest BCUT2D eigenvalue weighted by Gasteiger charge is -2.15. The van der Waals surface area contributed by atoms with Crippen LogP contribution in [0.2, 0.25) is 0 Å². The van der Waals surface area contributed by atoms with E-state index in [9.17, 15) is 0 Å². The van der Waals surface area contributed by atoms with Gasteiger partial charge in [-0.1, -0.05) is 33.6 Å². The van der Waals surface area contributed by atoms with Gasteiger partial charge in [0, 0.05) is 13.7 Å². The SMILES string of the molecule is CC.CCCCCN(C)CCCCOC. The Morgan fingerprint density at radius 1 is 0.933 bits per heavy atom. The maximum atomic E-state index is 5.00. The molecule has 2 nitrogen and oxygen atoms in total. The first-order valence-electron chi connectivity index (χ1n) is 6.48. The van der Waals surface area contributed by atoms with Gasteiger partial charge >= 0.3 is 0 Å². The van der Waals surface area contributed by atoms with E-state index in [1.54, 1.807) is 7.11 Å². The summed E-state index contributed by atoms with van der Waals surface area (Å²) in [6, 6.07) is 0. The maximum Gasteiger partial charge on any atom is 0.0462 e. The number of methoxy groups -OCH3 is 1. The Bertz CT molecular complexity index is 96.5. The first kappa shape index (κ1) is 17.3. The van der Waals surface area contributed by atoms with Crippen LogP contribution in [0.5, 0.6) is 0 Å². The molecule has 0 aliphatic carbocycles. The Morgan fingerprint density at radius 3 is 1.93 bits per heavy atom. The zero-order chi connectivity index (χ0) is 11.9.